The van der Waals surface area contributed by atoms with Gasteiger partial charge in [0.1, 0.15) is 60.5 Å². The van der Waals surface area contributed by atoms with E-state index in [1.165, 1.54) is 81.7 Å². The Hall–Kier alpha value is -6.24. The number of phenols is 1. The van der Waals surface area contributed by atoms with Gasteiger partial charge in [0, 0.05) is 52.9 Å². The topological polar surface area (TPSA) is 264 Å². The van der Waals surface area contributed by atoms with Crippen LogP contribution in [0.15, 0.2) is 75.9 Å². The van der Waals surface area contributed by atoms with Gasteiger partial charge >= 0.3 is 18.2 Å². The number of aryl methyl sites for hydroxylation is 1. The molecule has 2 heterocycles. The Morgan fingerprint density at radius 3 is 2.09 bits per heavy atom. The lowest BCUT2D eigenvalue weighted by molar-refractivity contribution is -0.277. The molecule has 3 aliphatic rings. The molecular formula is C52H64N2O15. The standard InChI is InChI=1S/C52H64N2O15/c1-3-4-5-6-7-8-9-10-11-12-13-14-23-53-51(63)65-29-33-17-15-31(2)40(48(33)69-50-47(60)46(59)45(58)43(28-55)68-50)30-66-52(64)54-27-32-16-20-36(39(24-32)49(61)62)44-37-21-18-34(56)25-41(37)67-42-26-35(57)19-22-38(42)44/h15-22,24-26,43,45-47,50,55-56,58-60H,3-14,23,27-30H2,1-2H3,(H,53,63)(H,54,64)(H,61,62)/t43-,45+,46+,47-,50+/m1/s1. The van der Waals surface area contributed by atoms with Crippen LogP contribution in [0, 0.1) is 6.92 Å². The van der Waals surface area contributed by atoms with Gasteiger partial charge in [-0.05, 0) is 60.4 Å². The molecule has 0 radical (unpaired) electrons. The zero-order valence-electron chi connectivity index (χ0n) is 39.1. The monoisotopic (exact) mass is 956 g/mol. The Bertz CT molecular complexity index is 2540. The van der Waals surface area contributed by atoms with E-state index in [9.17, 15) is 49.8 Å². The van der Waals surface area contributed by atoms with Crippen molar-refractivity contribution >= 4 is 29.1 Å². The summed E-state index contributed by atoms with van der Waals surface area (Å²) < 4.78 is 28.8. The summed E-state index contributed by atoms with van der Waals surface area (Å²) in [6.45, 7) is 2.75. The smallest absolute Gasteiger partial charge is 0.407 e. The molecule has 0 saturated carbocycles. The maximum atomic E-state index is 13.3. The first-order valence-electron chi connectivity index (χ1n) is 23.8. The molecule has 69 heavy (non-hydrogen) atoms. The fourth-order valence-electron chi connectivity index (χ4n) is 8.45. The van der Waals surface area contributed by atoms with Crippen LogP contribution in [0.5, 0.6) is 11.5 Å². The fourth-order valence-corrected chi connectivity index (χ4v) is 8.45. The molecular weight excluding hydrogens is 893 g/mol. The average Bonchev–Trinajstić information content (AvgIpc) is 3.33. The van der Waals surface area contributed by atoms with E-state index in [0.717, 1.165) is 25.7 Å². The first-order valence-corrected chi connectivity index (χ1v) is 23.8. The molecule has 5 atom stereocenters. The first kappa shape index (κ1) is 52.1. The molecule has 372 valence electrons. The number of aliphatic hydroxyl groups excluding tert-OH is 4. The maximum absolute atomic E-state index is 13.3. The summed E-state index contributed by atoms with van der Waals surface area (Å²) in [6, 6.07) is 16.5. The normalized spacial score (nSPS) is 18.0. The third-order valence-electron chi connectivity index (χ3n) is 12.4. The van der Waals surface area contributed by atoms with Crippen LogP contribution < -0.4 is 20.8 Å². The number of carboxylic acids is 1. The molecule has 3 aromatic rings. The molecule has 0 unspecified atom stereocenters. The highest BCUT2D eigenvalue weighted by Gasteiger charge is 2.45. The average molecular weight is 957 g/mol. The van der Waals surface area contributed by atoms with E-state index in [-0.39, 0.29) is 58.1 Å². The maximum Gasteiger partial charge on any atom is 0.407 e. The number of phenolic OH excluding ortho intramolecular Hbond substituents is 1. The highest BCUT2D eigenvalue weighted by molar-refractivity contribution is 6.07. The summed E-state index contributed by atoms with van der Waals surface area (Å²) in [7, 11) is 0. The summed E-state index contributed by atoms with van der Waals surface area (Å²) in [5.74, 6) is -1.16. The lowest BCUT2D eigenvalue weighted by Gasteiger charge is -2.40. The number of aliphatic hydroxyl groups is 4. The van der Waals surface area contributed by atoms with Gasteiger partial charge < -0.3 is 64.6 Å². The van der Waals surface area contributed by atoms with Crippen molar-refractivity contribution in [1.82, 2.24) is 10.6 Å². The molecule has 0 aromatic heterocycles. The van der Waals surface area contributed by atoms with Crippen LogP contribution >= 0.6 is 0 Å². The molecule has 17 nitrogen and oxygen atoms in total. The number of carbonyl (C=O) groups excluding carboxylic acids is 2. The van der Waals surface area contributed by atoms with Crippen molar-refractivity contribution in [2.24, 2.45) is 0 Å². The van der Waals surface area contributed by atoms with E-state index >= 15 is 0 Å². The lowest BCUT2D eigenvalue weighted by Crippen LogP contribution is -2.60. The van der Waals surface area contributed by atoms with Gasteiger partial charge in [-0.15, -0.1) is 0 Å². The number of rotatable bonds is 24. The zero-order chi connectivity index (χ0) is 49.5. The van der Waals surface area contributed by atoms with Gasteiger partial charge in [0.15, 0.2) is 5.43 Å². The number of ether oxygens (including phenoxy) is 4. The summed E-state index contributed by atoms with van der Waals surface area (Å²) in [6.07, 6.45) is 4.58. The van der Waals surface area contributed by atoms with Gasteiger partial charge in [-0.1, -0.05) is 102 Å². The van der Waals surface area contributed by atoms with Crippen LogP contribution in [0.1, 0.15) is 117 Å². The predicted molar refractivity (Wildman–Crippen MR) is 255 cm³/mol. The van der Waals surface area contributed by atoms with E-state index in [4.69, 9.17) is 23.4 Å². The molecule has 1 aliphatic carbocycles. The van der Waals surface area contributed by atoms with Crippen LogP contribution in [0.2, 0.25) is 0 Å². The Labute approximate surface area is 400 Å². The molecule has 0 bridgehead atoms. The minimum atomic E-state index is -1.77. The van der Waals surface area contributed by atoms with Crippen molar-refractivity contribution < 1.29 is 68.4 Å². The van der Waals surface area contributed by atoms with Gasteiger partial charge in [0.25, 0.3) is 0 Å². The minimum absolute atomic E-state index is 0.00183. The van der Waals surface area contributed by atoms with Gasteiger partial charge in [-0.3, -0.25) is 4.79 Å². The molecule has 6 rings (SSSR count). The summed E-state index contributed by atoms with van der Waals surface area (Å²) in [5.41, 5.74) is 2.56. The lowest BCUT2D eigenvalue weighted by atomic mass is 9.90. The first-order chi connectivity index (χ1) is 33.3. The van der Waals surface area contributed by atoms with E-state index < -0.39 is 62.1 Å². The molecule has 17 heteroatoms. The molecule has 8 N–H and O–H groups in total. The second-order valence-corrected chi connectivity index (χ2v) is 17.5. The van der Waals surface area contributed by atoms with E-state index in [2.05, 4.69) is 17.6 Å². The second-order valence-electron chi connectivity index (χ2n) is 17.5. The molecule has 1 saturated heterocycles. The van der Waals surface area contributed by atoms with Crippen molar-refractivity contribution in [1.29, 1.82) is 0 Å². The van der Waals surface area contributed by atoms with Crippen molar-refractivity contribution in [2.45, 2.75) is 141 Å². The molecule has 2 aliphatic heterocycles. The van der Waals surface area contributed by atoms with Crippen LogP contribution in [-0.4, -0.2) is 92.7 Å². The van der Waals surface area contributed by atoms with Gasteiger partial charge in [-0.25, -0.2) is 14.4 Å². The number of amides is 2. The van der Waals surface area contributed by atoms with Crippen molar-refractivity contribution in [3.63, 3.8) is 0 Å². The van der Waals surface area contributed by atoms with Crippen LogP contribution in [0.3, 0.4) is 0 Å². The van der Waals surface area contributed by atoms with Crippen molar-refractivity contribution in [2.75, 3.05) is 13.2 Å². The number of unbranched alkanes of at least 4 members (excludes halogenated alkanes) is 11. The third kappa shape index (κ3) is 13.9. The molecule has 0 spiro atoms. The zero-order valence-corrected chi connectivity index (χ0v) is 39.1. The SMILES string of the molecule is CCCCCCCCCCCCCCNC(=O)OCc1ccc(C)c(COC(=O)NCc2ccc(-c3c4ccc(=O)cc-4oc4cc(O)ccc34)c(C(=O)O)c2)c1O[C@@H]1O[C@H](CO)[C@H](O)[C@H](O)[C@H]1O. The van der Waals surface area contributed by atoms with Crippen LogP contribution in [0.4, 0.5) is 9.59 Å². The predicted octanol–water partition coefficient (Wildman–Crippen LogP) is 7.81. The summed E-state index contributed by atoms with van der Waals surface area (Å²) in [4.78, 5) is 51.0. The Kier molecular flexibility index (Phi) is 19.2. The Morgan fingerprint density at radius 1 is 0.725 bits per heavy atom. The fraction of sp³-hybridized carbons (Fsp3) is 0.462. The van der Waals surface area contributed by atoms with Crippen LogP contribution in [-0.2, 0) is 34.0 Å². The second kappa shape index (κ2) is 25.4. The number of nitrogens with one attached hydrogen (secondary N) is 2. The number of aromatic hydroxyl groups is 1. The van der Waals surface area contributed by atoms with E-state index in [1.807, 2.05) is 0 Å². The number of carbonyl (C=O) groups is 3. The number of hydrogen-bond donors (Lipinski definition) is 8. The minimum Gasteiger partial charge on any atom is -0.508 e. The Morgan fingerprint density at radius 2 is 1.39 bits per heavy atom. The third-order valence-corrected chi connectivity index (χ3v) is 12.4. The number of benzene rings is 4. The van der Waals surface area contributed by atoms with Gasteiger partial charge in [0.05, 0.1) is 12.2 Å². The van der Waals surface area contributed by atoms with Crippen LogP contribution in [0.25, 0.3) is 33.4 Å². The summed E-state index contributed by atoms with van der Waals surface area (Å²) in [5, 5.41) is 68.0. The summed E-state index contributed by atoms with van der Waals surface area (Å²) >= 11 is 0. The van der Waals surface area contributed by atoms with E-state index in [1.54, 1.807) is 43.3 Å². The number of fused-ring (bicyclic) bond motifs is 2. The molecule has 3 aromatic carbocycles. The van der Waals surface area contributed by atoms with Gasteiger partial charge in [-0.2, -0.15) is 0 Å². The molecule has 2 amide bonds. The number of aromatic carboxylic acids is 1. The molecule has 1 fully saturated rings. The van der Waals surface area contributed by atoms with Crippen molar-refractivity contribution in [3.8, 4) is 33.9 Å². The highest BCUT2D eigenvalue weighted by atomic mass is 16.7. The quantitative estimate of drug-likeness (QED) is 0.0217. The number of alkyl carbamates (subject to hydrolysis) is 2. The largest absolute Gasteiger partial charge is 0.508 e. The van der Waals surface area contributed by atoms with E-state index in [0.29, 0.717) is 39.7 Å². The Balaban J connectivity index is 1.10. The highest BCUT2D eigenvalue weighted by Crippen LogP contribution is 2.42. The number of hydrogen-bond acceptors (Lipinski definition) is 14. The number of carboxylic acid groups (broad SMARTS) is 1. The van der Waals surface area contributed by atoms with Crippen molar-refractivity contribution in [3.05, 3.63) is 105 Å². The van der Waals surface area contributed by atoms with Gasteiger partial charge in [0.2, 0.25) is 6.29 Å².